The molecule has 0 aliphatic carbocycles. The number of carbonyl (C=O) groups is 1. The number of carbonyl (C=O) groups excluding carboxylic acids is 1. The molecule has 1 aliphatic rings. The van der Waals surface area contributed by atoms with E-state index in [9.17, 15) is 4.79 Å². The number of urea groups is 1. The van der Waals surface area contributed by atoms with Crippen LogP contribution in [0.2, 0.25) is 0 Å². The summed E-state index contributed by atoms with van der Waals surface area (Å²) in [7, 11) is 0. The van der Waals surface area contributed by atoms with Gasteiger partial charge in [0.15, 0.2) is 0 Å². The Morgan fingerprint density at radius 2 is 1.67 bits per heavy atom. The van der Waals surface area contributed by atoms with Crippen LogP contribution >= 0.6 is 11.8 Å². The van der Waals surface area contributed by atoms with Gasteiger partial charge in [-0.1, -0.05) is 36.0 Å². The molecule has 1 aliphatic heterocycles. The van der Waals surface area contributed by atoms with Crippen molar-refractivity contribution in [2.45, 2.75) is 36.2 Å². The summed E-state index contributed by atoms with van der Waals surface area (Å²) in [6.45, 7) is 5.27. The molecule has 5 heteroatoms. The first kappa shape index (κ1) is 16.9. The van der Waals surface area contributed by atoms with Gasteiger partial charge in [-0.25, -0.2) is 4.79 Å². The molecule has 0 atom stereocenters. The molecule has 2 aromatic carbocycles. The maximum Gasteiger partial charge on any atom is 0.326 e. The summed E-state index contributed by atoms with van der Waals surface area (Å²) in [4.78, 5) is 16.7. The molecular weight excluding hydrogens is 320 g/mol. The Bertz CT molecular complexity index is 673. The molecule has 2 amide bonds. The van der Waals surface area contributed by atoms with Gasteiger partial charge in [-0.15, -0.1) is 0 Å². The van der Waals surface area contributed by atoms with Gasteiger partial charge in [0.25, 0.3) is 0 Å². The predicted molar refractivity (Wildman–Crippen MR) is 98.2 cm³/mol. The summed E-state index contributed by atoms with van der Waals surface area (Å²) in [5.41, 5.74) is 1.86. The summed E-state index contributed by atoms with van der Waals surface area (Å²) in [5.74, 6) is 0. The van der Waals surface area contributed by atoms with Gasteiger partial charge in [-0.2, -0.15) is 0 Å². The molecule has 24 heavy (non-hydrogen) atoms. The topological polar surface area (TPSA) is 41.6 Å². The fourth-order valence-electron chi connectivity index (χ4n) is 2.59. The van der Waals surface area contributed by atoms with Crippen molar-refractivity contribution in [1.29, 1.82) is 0 Å². The molecule has 1 N–H and O–H groups in total. The third kappa shape index (κ3) is 3.74. The van der Waals surface area contributed by atoms with E-state index in [1.165, 1.54) is 0 Å². The number of anilines is 2. The first-order valence-electron chi connectivity index (χ1n) is 8.22. The number of para-hydroxylation sites is 2. The third-order valence-corrected chi connectivity index (χ3v) is 4.81. The number of hydrogen-bond donors (Lipinski definition) is 1. The largest absolute Gasteiger partial charge is 0.379 e. The molecule has 0 saturated carbocycles. The minimum atomic E-state index is -0.0975. The minimum absolute atomic E-state index is 0.0975. The predicted octanol–water partition coefficient (Wildman–Crippen LogP) is 4.81. The summed E-state index contributed by atoms with van der Waals surface area (Å²) in [6.07, 6.45) is 1.02. The van der Waals surface area contributed by atoms with Crippen LogP contribution in [0.3, 0.4) is 0 Å². The van der Waals surface area contributed by atoms with Crippen LogP contribution in [0.1, 0.15) is 20.3 Å². The fraction of sp³-hybridized carbons (Fsp3) is 0.316. The lowest BCUT2D eigenvalue weighted by atomic mass is 10.2. The summed E-state index contributed by atoms with van der Waals surface area (Å²) in [6, 6.07) is 15.9. The van der Waals surface area contributed by atoms with E-state index in [2.05, 4.69) is 5.32 Å². The second kappa shape index (κ2) is 7.73. The molecule has 126 valence electrons. The Balaban J connectivity index is 1.73. The lowest BCUT2D eigenvalue weighted by Crippen LogP contribution is -2.38. The monoisotopic (exact) mass is 342 g/mol. The fourth-order valence-corrected chi connectivity index (χ4v) is 3.65. The van der Waals surface area contributed by atoms with Crippen LogP contribution in [0.4, 0.5) is 16.2 Å². The van der Waals surface area contributed by atoms with E-state index in [1.54, 1.807) is 16.7 Å². The average Bonchev–Trinajstić information content (AvgIpc) is 2.58. The molecule has 0 aromatic heterocycles. The molecule has 0 radical (unpaired) electrons. The first-order chi connectivity index (χ1) is 11.7. The molecule has 0 unspecified atom stereocenters. The van der Waals surface area contributed by atoms with Gasteiger partial charge in [-0.3, -0.25) is 4.90 Å². The first-order valence-corrected chi connectivity index (χ1v) is 9.04. The second-order valence-electron chi connectivity index (χ2n) is 5.88. The number of hydrogen-bond acceptors (Lipinski definition) is 3. The zero-order valence-electron chi connectivity index (χ0n) is 14.0. The van der Waals surface area contributed by atoms with E-state index < -0.39 is 0 Å². The van der Waals surface area contributed by atoms with Crippen molar-refractivity contribution in [3.8, 4) is 0 Å². The van der Waals surface area contributed by atoms with E-state index in [0.29, 0.717) is 13.2 Å². The molecule has 4 nitrogen and oxygen atoms in total. The van der Waals surface area contributed by atoms with Crippen molar-refractivity contribution in [2.24, 2.45) is 0 Å². The highest BCUT2D eigenvalue weighted by Crippen LogP contribution is 2.47. The lowest BCUT2D eigenvalue weighted by molar-refractivity contribution is 0.0774. The molecular formula is C19H22N2O2S. The van der Waals surface area contributed by atoms with Crippen LogP contribution < -0.4 is 10.2 Å². The van der Waals surface area contributed by atoms with E-state index >= 15 is 0 Å². The zero-order chi connectivity index (χ0) is 16.9. The number of fused-ring (bicyclic) bond motifs is 2. The molecule has 0 saturated heterocycles. The lowest BCUT2D eigenvalue weighted by Gasteiger charge is -2.31. The van der Waals surface area contributed by atoms with Gasteiger partial charge >= 0.3 is 6.03 Å². The van der Waals surface area contributed by atoms with Crippen LogP contribution in [0, 0.1) is 0 Å². The quantitative estimate of drug-likeness (QED) is 0.793. The zero-order valence-corrected chi connectivity index (χ0v) is 14.8. The Hall–Kier alpha value is -1.98. The third-order valence-electron chi connectivity index (χ3n) is 3.68. The molecule has 1 heterocycles. The number of rotatable bonds is 5. The molecule has 0 fully saturated rings. The van der Waals surface area contributed by atoms with Gasteiger partial charge in [-0.05, 0) is 44.5 Å². The van der Waals surface area contributed by atoms with Crippen LogP contribution in [-0.4, -0.2) is 25.3 Å². The van der Waals surface area contributed by atoms with Gasteiger partial charge in [0.2, 0.25) is 0 Å². The number of nitrogens with one attached hydrogen (secondary N) is 1. The number of amides is 2. The van der Waals surface area contributed by atoms with E-state index in [0.717, 1.165) is 27.6 Å². The van der Waals surface area contributed by atoms with Crippen LogP contribution in [0.5, 0.6) is 0 Å². The maximum absolute atomic E-state index is 12.8. The highest BCUT2D eigenvalue weighted by atomic mass is 32.2. The summed E-state index contributed by atoms with van der Waals surface area (Å²) in [5, 5.41) is 3.01. The van der Waals surface area contributed by atoms with Gasteiger partial charge < -0.3 is 10.1 Å². The van der Waals surface area contributed by atoms with Crippen LogP contribution in [-0.2, 0) is 4.74 Å². The number of nitrogens with zero attached hydrogens (tertiary/aromatic N) is 1. The molecule has 3 rings (SSSR count). The van der Waals surface area contributed by atoms with Crippen LogP contribution in [0.25, 0.3) is 0 Å². The maximum atomic E-state index is 12.8. The van der Waals surface area contributed by atoms with Crippen molar-refractivity contribution in [2.75, 3.05) is 18.1 Å². The smallest absolute Gasteiger partial charge is 0.326 e. The normalized spacial score (nSPS) is 12.7. The van der Waals surface area contributed by atoms with Gasteiger partial charge in [0.1, 0.15) is 0 Å². The van der Waals surface area contributed by atoms with Crippen LogP contribution in [0.15, 0.2) is 58.3 Å². The molecule has 0 bridgehead atoms. The Morgan fingerprint density at radius 1 is 1.08 bits per heavy atom. The molecule has 0 spiro atoms. The molecule has 2 aromatic rings. The van der Waals surface area contributed by atoms with Crippen molar-refractivity contribution >= 4 is 29.2 Å². The second-order valence-corrected chi connectivity index (χ2v) is 6.96. The Kier molecular flexibility index (Phi) is 5.43. The standard InChI is InChI=1S/C19H22N2O2S/c1-14(2)23-13-7-12-20-19(22)21-15-8-3-5-10-17(15)24-18-11-6-4-9-16(18)21/h3-6,8-11,14H,7,12-13H2,1-2H3,(H,20,22). The van der Waals surface area contributed by atoms with Crippen molar-refractivity contribution in [3.63, 3.8) is 0 Å². The van der Waals surface area contributed by atoms with E-state index in [-0.39, 0.29) is 12.1 Å². The van der Waals surface area contributed by atoms with E-state index in [1.807, 2.05) is 62.4 Å². The average molecular weight is 342 g/mol. The highest BCUT2D eigenvalue weighted by Gasteiger charge is 2.27. The number of ether oxygens (including phenoxy) is 1. The van der Waals surface area contributed by atoms with Crippen molar-refractivity contribution < 1.29 is 9.53 Å². The summed E-state index contributed by atoms with van der Waals surface area (Å²) >= 11 is 1.70. The Labute approximate surface area is 147 Å². The highest BCUT2D eigenvalue weighted by molar-refractivity contribution is 7.99. The summed E-state index contributed by atoms with van der Waals surface area (Å²) < 4.78 is 5.51. The van der Waals surface area contributed by atoms with Crippen molar-refractivity contribution in [1.82, 2.24) is 5.32 Å². The Morgan fingerprint density at radius 3 is 2.25 bits per heavy atom. The SMILES string of the molecule is CC(C)OCCCNC(=O)N1c2ccccc2Sc2ccccc21. The van der Waals surface area contributed by atoms with E-state index in [4.69, 9.17) is 4.74 Å². The minimum Gasteiger partial charge on any atom is -0.379 e. The van der Waals surface area contributed by atoms with Gasteiger partial charge in [0, 0.05) is 22.9 Å². The number of benzene rings is 2. The van der Waals surface area contributed by atoms with Gasteiger partial charge in [0.05, 0.1) is 17.5 Å². The van der Waals surface area contributed by atoms with Crippen molar-refractivity contribution in [3.05, 3.63) is 48.5 Å².